The average Bonchev–Trinajstić information content (AvgIpc) is 2.34. The second-order valence-corrected chi connectivity index (χ2v) is 3.14. The summed E-state index contributed by atoms with van der Waals surface area (Å²) in [7, 11) is 0. The monoisotopic (exact) mass is 233 g/mol. The number of non-ortho nitro benzene ring substituents is 1. The minimum Gasteiger partial charge on any atom is -0.376 e. The Morgan fingerprint density at radius 2 is 2.29 bits per heavy atom. The molecule has 1 amide bonds. The van der Waals surface area contributed by atoms with E-state index in [9.17, 15) is 14.9 Å². The van der Waals surface area contributed by atoms with Crippen LogP contribution in [0.4, 0.5) is 11.4 Å². The van der Waals surface area contributed by atoms with Crippen molar-refractivity contribution in [3.05, 3.63) is 34.4 Å². The second-order valence-electron chi connectivity index (χ2n) is 3.14. The van der Waals surface area contributed by atoms with Crippen LogP contribution in [-0.4, -0.2) is 23.9 Å². The van der Waals surface area contributed by atoms with E-state index in [1.54, 1.807) is 12.1 Å². The standard InChI is InChI=1S/C11H11N3O3/c1-2-6-12-11(15)8-13-9-4-3-5-10(7-9)14(16)17/h1,3-5,7,13H,6,8H2,(H,12,15). The third-order valence-electron chi connectivity index (χ3n) is 1.90. The van der Waals surface area contributed by atoms with Crippen molar-refractivity contribution in [1.82, 2.24) is 5.32 Å². The number of nitrogens with zero attached hydrogens (tertiary/aromatic N) is 1. The molecule has 0 aliphatic heterocycles. The Kier molecular flexibility index (Phi) is 4.51. The van der Waals surface area contributed by atoms with E-state index in [1.807, 2.05) is 0 Å². The van der Waals surface area contributed by atoms with Crippen LogP contribution in [0.15, 0.2) is 24.3 Å². The molecule has 0 saturated heterocycles. The lowest BCUT2D eigenvalue weighted by molar-refractivity contribution is -0.384. The quantitative estimate of drug-likeness (QED) is 0.446. The number of hydrogen-bond acceptors (Lipinski definition) is 4. The van der Waals surface area contributed by atoms with Crippen molar-refractivity contribution in [3.8, 4) is 12.3 Å². The molecule has 6 nitrogen and oxygen atoms in total. The molecule has 17 heavy (non-hydrogen) atoms. The minimum absolute atomic E-state index is 0.0167. The van der Waals surface area contributed by atoms with Gasteiger partial charge in [-0.15, -0.1) is 6.42 Å². The van der Waals surface area contributed by atoms with Gasteiger partial charge in [0.1, 0.15) is 0 Å². The lowest BCUT2D eigenvalue weighted by Gasteiger charge is -2.05. The summed E-state index contributed by atoms with van der Waals surface area (Å²) in [5.41, 5.74) is 0.481. The molecule has 0 bridgehead atoms. The first-order chi connectivity index (χ1) is 8.13. The molecular weight excluding hydrogens is 222 g/mol. The van der Waals surface area contributed by atoms with Crippen LogP contribution < -0.4 is 10.6 Å². The van der Waals surface area contributed by atoms with Crippen LogP contribution in [0.5, 0.6) is 0 Å². The summed E-state index contributed by atoms with van der Waals surface area (Å²) in [5.74, 6) is 2.00. The zero-order chi connectivity index (χ0) is 12.7. The highest BCUT2D eigenvalue weighted by molar-refractivity contribution is 5.81. The van der Waals surface area contributed by atoms with Gasteiger partial charge in [-0.05, 0) is 6.07 Å². The maximum Gasteiger partial charge on any atom is 0.271 e. The molecule has 88 valence electrons. The van der Waals surface area contributed by atoms with Crippen LogP contribution in [0.3, 0.4) is 0 Å². The zero-order valence-electron chi connectivity index (χ0n) is 8.97. The maximum absolute atomic E-state index is 11.2. The fraction of sp³-hybridized carbons (Fsp3) is 0.182. The summed E-state index contributed by atoms with van der Waals surface area (Å²) in [6, 6.07) is 5.92. The summed E-state index contributed by atoms with van der Waals surface area (Å²) in [4.78, 5) is 21.2. The summed E-state index contributed by atoms with van der Waals surface area (Å²) in [6.07, 6.45) is 4.98. The van der Waals surface area contributed by atoms with E-state index in [2.05, 4.69) is 16.6 Å². The van der Waals surface area contributed by atoms with E-state index in [0.717, 1.165) is 0 Å². The Labute approximate surface area is 98.2 Å². The lowest BCUT2D eigenvalue weighted by atomic mass is 10.3. The summed E-state index contributed by atoms with van der Waals surface area (Å²) < 4.78 is 0. The highest BCUT2D eigenvalue weighted by Gasteiger charge is 2.06. The number of rotatable bonds is 5. The van der Waals surface area contributed by atoms with Crippen molar-refractivity contribution in [2.45, 2.75) is 0 Å². The van der Waals surface area contributed by atoms with Gasteiger partial charge in [-0.3, -0.25) is 14.9 Å². The predicted octanol–water partition coefficient (Wildman–Crippen LogP) is 0.756. The van der Waals surface area contributed by atoms with Crippen molar-refractivity contribution >= 4 is 17.3 Å². The van der Waals surface area contributed by atoms with Crippen LogP contribution in [0.2, 0.25) is 0 Å². The van der Waals surface area contributed by atoms with Crippen molar-refractivity contribution in [2.75, 3.05) is 18.4 Å². The van der Waals surface area contributed by atoms with Gasteiger partial charge in [0.15, 0.2) is 0 Å². The number of nitro benzene ring substituents is 1. The average molecular weight is 233 g/mol. The lowest BCUT2D eigenvalue weighted by Crippen LogP contribution is -2.29. The van der Waals surface area contributed by atoms with E-state index >= 15 is 0 Å². The van der Waals surface area contributed by atoms with E-state index in [0.29, 0.717) is 5.69 Å². The molecule has 0 heterocycles. The molecule has 0 unspecified atom stereocenters. The van der Waals surface area contributed by atoms with E-state index in [4.69, 9.17) is 6.42 Å². The van der Waals surface area contributed by atoms with Gasteiger partial charge < -0.3 is 10.6 Å². The first kappa shape index (κ1) is 12.5. The van der Waals surface area contributed by atoms with Gasteiger partial charge in [-0.2, -0.15) is 0 Å². The maximum atomic E-state index is 11.2. The molecule has 0 aliphatic carbocycles. The van der Waals surface area contributed by atoms with Gasteiger partial charge in [-0.1, -0.05) is 12.0 Å². The first-order valence-corrected chi connectivity index (χ1v) is 4.82. The van der Waals surface area contributed by atoms with Gasteiger partial charge in [0, 0.05) is 17.8 Å². The van der Waals surface area contributed by atoms with Crippen LogP contribution in [0.25, 0.3) is 0 Å². The summed E-state index contributed by atoms with van der Waals surface area (Å²) >= 11 is 0. The third-order valence-corrected chi connectivity index (χ3v) is 1.90. The fourth-order valence-corrected chi connectivity index (χ4v) is 1.12. The second kappa shape index (κ2) is 6.12. The Balaban J connectivity index is 2.52. The number of nitro groups is 1. The Hall–Kier alpha value is -2.55. The first-order valence-electron chi connectivity index (χ1n) is 4.82. The number of anilines is 1. The van der Waals surface area contributed by atoms with Crippen molar-refractivity contribution in [3.63, 3.8) is 0 Å². The third kappa shape index (κ3) is 4.22. The van der Waals surface area contributed by atoms with Crippen LogP contribution in [-0.2, 0) is 4.79 Å². The van der Waals surface area contributed by atoms with Gasteiger partial charge >= 0.3 is 0 Å². The van der Waals surface area contributed by atoms with Crippen molar-refractivity contribution in [2.24, 2.45) is 0 Å². The molecule has 1 rings (SSSR count). The van der Waals surface area contributed by atoms with E-state index in [1.165, 1.54) is 12.1 Å². The van der Waals surface area contributed by atoms with Gasteiger partial charge in [0.25, 0.3) is 5.69 Å². The van der Waals surface area contributed by atoms with Gasteiger partial charge in [-0.25, -0.2) is 0 Å². The van der Waals surface area contributed by atoms with E-state index < -0.39 is 4.92 Å². The normalized spacial score (nSPS) is 9.12. The number of hydrogen-bond donors (Lipinski definition) is 2. The minimum atomic E-state index is -0.496. The Morgan fingerprint density at radius 3 is 2.94 bits per heavy atom. The molecular formula is C11H11N3O3. The largest absolute Gasteiger partial charge is 0.376 e. The molecule has 0 aliphatic rings. The predicted molar refractivity (Wildman–Crippen MR) is 63.4 cm³/mol. The molecule has 1 aromatic rings. The van der Waals surface area contributed by atoms with E-state index in [-0.39, 0.29) is 24.7 Å². The van der Waals surface area contributed by atoms with Crippen molar-refractivity contribution in [1.29, 1.82) is 0 Å². The van der Waals surface area contributed by atoms with Crippen LogP contribution >= 0.6 is 0 Å². The molecule has 0 spiro atoms. The smallest absolute Gasteiger partial charge is 0.271 e. The molecule has 0 fully saturated rings. The molecule has 0 saturated carbocycles. The Morgan fingerprint density at radius 1 is 1.53 bits per heavy atom. The number of amides is 1. The van der Waals surface area contributed by atoms with Crippen LogP contribution in [0.1, 0.15) is 0 Å². The number of benzene rings is 1. The molecule has 6 heteroatoms. The molecule has 1 aromatic carbocycles. The SMILES string of the molecule is C#CCNC(=O)CNc1cccc([N+](=O)[O-])c1. The molecule has 0 radical (unpaired) electrons. The van der Waals surface area contributed by atoms with Crippen LogP contribution in [0, 0.1) is 22.5 Å². The number of carbonyl (C=O) groups is 1. The summed E-state index contributed by atoms with van der Waals surface area (Å²) in [6.45, 7) is 0.179. The van der Waals surface area contributed by atoms with Crippen molar-refractivity contribution < 1.29 is 9.72 Å². The highest BCUT2D eigenvalue weighted by Crippen LogP contribution is 2.16. The topological polar surface area (TPSA) is 84.3 Å². The molecule has 2 N–H and O–H groups in total. The number of terminal acetylenes is 1. The molecule has 0 aromatic heterocycles. The number of carbonyl (C=O) groups excluding carboxylic acids is 1. The van der Waals surface area contributed by atoms with Gasteiger partial charge in [0.05, 0.1) is 18.0 Å². The van der Waals surface area contributed by atoms with Gasteiger partial charge in [0.2, 0.25) is 5.91 Å². The fourth-order valence-electron chi connectivity index (χ4n) is 1.12. The Bertz CT molecular complexity index is 465. The molecule has 0 atom stereocenters. The zero-order valence-corrected chi connectivity index (χ0v) is 8.97. The number of nitrogens with one attached hydrogen (secondary N) is 2. The summed E-state index contributed by atoms with van der Waals surface area (Å²) in [5, 5.41) is 15.7. The highest BCUT2D eigenvalue weighted by atomic mass is 16.6.